The van der Waals surface area contributed by atoms with Crippen molar-refractivity contribution >= 4 is 29.2 Å². The third-order valence-corrected chi connectivity index (χ3v) is 5.17. The summed E-state index contributed by atoms with van der Waals surface area (Å²) in [6.07, 6.45) is 0. The molecule has 0 saturated carbocycles. The molecule has 8 heteroatoms. The molecule has 0 bridgehead atoms. The highest BCUT2D eigenvalue weighted by molar-refractivity contribution is 6.33. The maximum Gasteiger partial charge on any atom is 0.359 e. The summed E-state index contributed by atoms with van der Waals surface area (Å²) in [5, 5.41) is 7.18. The number of esters is 1. The lowest BCUT2D eigenvalue weighted by molar-refractivity contribution is -0.119. The first-order chi connectivity index (χ1) is 15.9. The van der Waals surface area contributed by atoms with Gasteiger partial charge < -0.3 is 10.1 Å². The fourth-order valence-electron chi connectivity index (χ4n) is 3.33. The Kier molecular flexibility index (Phi) is 6.51. The van der Waals surface area contributed by atoms with Gasteiger partial charge in [0.05, 0.1) is 10.7 Å². The molecule has 2 aromatic carbocycles. The van der Waals surface area contributed by atoms with Crippen molar-refractivity contribution in [2.75, 3.05) is 11.9 Å². The van der Waals surface area contributed by atoms with Gasteiger partial charge in [-0.1, -0.05) is 54.1 Å². The maximum atomic E-state index is 12.5. The fraction of sp³-hybridized carbons (Fsp3) is 0.120. The van der Waals surface area contributed by atoms with E-state index in [1.165, 1.54) is 0 Å². The van der Waals surface area contributed by atoms with Gasteiger partial charge in [0, 0.05) is 11.4 Å². The number of hydrogen-bond donors (Lipinski definition) is 1. The summed E-state index contributed by atoms with van der Waals surface area (Å²) in [5.74, 6) is -0.834. The summed E-state index contributed by atoms with van der Waals surface area (Å²) in [7, 11) is 0. The highest BCUT2D eigenvalue weighted by atomic mass is 35.5. The summed E-state index contributed by atoms with van der Waals surface area (Å²) in [6.45, 7) is 3.27. The number of ether oxygens (including phenoxy) is 1. The first kappa shape index (κ1) is 22.2. The van der Waals surface area contributed by atoms with Gasteiger partial charge in [-0.3, -0.25) is 4.79 Å². The Morgan fingerprint density at radius 2 is 1.67 bits per heavy atom. The Balaban J connectivity index is 1.38. The molecular weight excluding hydrogens is 440 g/mol. The van der Waals surface area contributed by atoms with Gasteiger partial charge in [-0.05, 0) is 55.3 Å². The van der Waals surface area contributed by atoms with E-state index in [0.29, 0.717) is 11.5 Å². The van der Waals surface area contributed by atoms with E-state index in [1.54, 1.807) is 28.9 Å². The molecule has 0 atom stereocenters. The molecule has 7 nitrogen and oxygen atoms in total. The van der Waals surface area contributed by atoms with Crippen molar-refractivity contribution in [2.24, 2.45) is 0 Å². The van der Waals surface area contributed by atoms with E-state index in [2.05, 4.69) is 15.4 Å². The number of benzene rings is 2. The lowest BCUT2D eigenvalue weighted by Crippen LogP contribution is -2.21. The number of aryl methyl sites for hydroxylation is 2. The molecule has 0 saturated heterocycles. The normalized spacial score (nSPS) is 10.6. The first-order valence-corrected chi connectivity index (χ1v) is 10.6. The standard InChI is InChI=1S/C25H21ClN4O3/c1-16-14-17(2)30(29-16)22-13-12-21(26)24(28-22)25(32)33-15-23(31)27-20-10-8-19(9-11-20)18-6-4-3-5-7-18/h3-14H,15H2,1-2H3,(H,27,31). The van der Waals surface area contributed by atoms with Crippen molar-refractivity contribution in [1.29, 1.82) is 0 Å². The van der Waals surface area contributed by atoms with Crippen LogP contribution in [0, 0.1) is 13.8 Å². The smallest absolute Gasteiger partial charge is 0.359 e. The van der Waals surface area contributed by atoms with E-state index in [0.717, 1.165) is 22.5 Å². The predicted octanol–water partition coefficient (Wildman–Crippen LogP) is 5.00. The molecule has 0 aliphatic heterocycles. The fourth-order valence-corrected chi connectivity index (χ4v) is 3.51. The second-order valence-corrected chi connectivity index (χ2v) is 7.81. The number of nitrogens with zero attached hydrogens (tertiary/aromatic N) is 3. The van der Waals surface area contributed by atoms with Crippen LogP contribution >= 0.6 is 11.6 Å². The van der Waals surface area contributed by atoms with Gasteiger partial charge in [0.1, 0.15) is 0 Å². The number of carbonyl (C=O) groups is 2. The summed E-state index contributed by atoms with van der Waals surface area (Å²) in [5.41, 5.74) is 4.31. The molecule has 0 aliphatic carbocycles. The van der Waals surface area contributed by atoms with Crippen molar-refractivity contribution in [1.82, 2.24) is 14.8 Å². The number of amides is 1. The monoisotopic (exact) mass is 460 g/mol. The van der Waals surface area contributed by atoms with Gasteiger partial charge in [0.2, 0.25) is 0 Å². The molecule has 2 heterocycles. The Morgan fingerprint density at radius 1 is 0.970 bits per heavy atom. The molecule has 1 N–H and O–H groups in total. The van der Waals surface area contributed by atoms with Crippen LogP contribution in [-0.2, 0) is 9.53 Å². The summed E-state index contributed by atoms with van der Waals surface area (Å²) >= 11 is 6.14. The number of hydrogen-bond acceptors (Lipinski definition) is 5. The second kappa shape index (κ2) is 9.67. The molecule has 166 valence electrons. The average molecular weight is 461 g/mol. The van der Waals surface area contributed by atoms with E-state index in [4.69, 9.17) is 16.3 Å². The zero-order valence-corrected chi connectivity index (χ0v) is 18.8. The molecule has 0 unspecified atom stereocenters. The second-order valence-electron chi connectivity index (χ2n) is 7.41. The number of nitrogens with one attached hydrogen (secondary N) is 1. The topological polar surface area (TPSA) is 86.1 Å². The number of carbonyl (C=O) groups excluding carboxylic acids is 2. The van der Waals surface area contributed by atoms with Gasteiger partial charge in [-0.15, -0.1) is 0 Å². The van der Waals surface area contributed by atoms with Gasteiger partial charge in [-0.25, -0.2) is 14.5 Å². The number of pyridine rings is 1. The van der Waals surface area contributed by atoms with Crippen LogP contribution < -0.4 is 5.32 Å². The highest BCUT2D eigenvalue weighted by Gasteiger charge is 2.18. The van der Waals surface area contributed by atoms with Crippen molar-refractivity contribution in [3.63, 3.8) is 0 Å². The van der Waals surface area contributed by atoms with Crippen molar-refractivity contribution < 1.29 is 14.3 Å². The highest BCUT2D eigenvalue weighted by Crippen LogP contribution is 2.21. The lowest BCUT2D eigenvalue weighted by Gasteiger charge is -2.09. The van der Waals surface area contributed by atoms with Crippen molar-refractivity contribution in [3.8, 4) is 16.9 Å². The van der Waals surface area contributed by atoms with E-state index >= 15 is 0 Å². The van der Waals surface area contributed by atoms with E-state index < -0.39 is 18.5 Å². The average Bonchev–Trinajstić information content (AvgIpc) is 3.16. The largest absolute Gasteiger partial charge is 0.451 e. The lowest BCUT2D eigenvalue weighted by atomic mass is 10.1. The van der Waals surface area contributed by atoms with Crippen LogP contribution in [0.5, 0.6) is 0 Å². The van der Waals surface area contributed by atoms with Crippen LogP contribution in [0.1, 0.15) is 21.9 Å². The molecule has 33 heavy (non-hydrogen) atoms. The summed E-state index contributed by atoms with van der Waals surface area (Å²) in [4.78, 5) is 29.1. The third-order valence-electron chi connectivity index (χ3n) is 4.86. The minimum atomic E-state index is -0.794. The predicted molar refractivity (Wildman–Crippen MR) is 127 cm³/mol. The summed E-state index contributed by atoms with van der Waals surface area (Å²) in [6, 6.07) is 22.4. The van der Waals surface area contributed by atoms with Crippen LogP contribution in [0.15, 0.2) is 72.8 Å². The van der Waals surface area contributed by atoms with Gasteiger partial charge in [0.25, 0.3) is 5.91 Å². The zero-order valence-electron chi connectivity index (χ0n) is 18.1. The Bertz CT molecular complexity index is 1300. The van der Waals surface area contributed by atoms with Crippen LogP contribution in [0.2, 0.25) is 5.02 Å². The SMILES string of the molecule is Cc1cc(C)n(-c2ccc(Cl)c(C(=O)OCC(=O)Nc3ccc(-c4ccccc4)cc3)n2)n1. The quantitative estimate of drug-likeness (QED) is 0.409. The number of aromatic nitrogens is 3. The molecular formula is C25H21ClN4O3. The van der Waals surface area contributed by atoms with Crippen molar-refractivity contribution in [2.45, 2.75) is 13.8 Å². The van der Waals surface area contributed by atoms with Crippen LogP contribution in [0.3, 0.4) is 0 Å². The van der Waals surface area contributed by atoms with Crippen LogP contribution in [0.25, 0.3) is 16.9 Å². The van der Waals surface area contributed by atoms with Crippen LogP contribution in [0.4, 0.5) is 5.69 Å². The number of halogens is 1. The molecule has 0 aliphatic rings. The zero-order chi connectivity index (χ0) is 23.4. The molecule has 0 radical (unpaired) electrons. The minimum Gasteiger partial charge on any atom is -0.451 e. The molecule has 0 spiro atoms. The molecule has 4 rings (SSSR count). The van der Waals surface area contributed by atoms with Crippen molar-refractivity contribution in [3.05, 3.63) is 94.9 Å². The molecule has 4 aromatic rings. The van der Waals surface area contributed by atoms with E-state index in [9.17, 15) is 9.59 Å². The van der Waals surface area contributed by atoms with Gasteiger partial charge in [0.15, 0.2) is 18.1 Å². The Hall–Kier alpha value is -3.97. The first-order valence-electron chi connectivity index (χ1n) is 10.2. The maximum absolute atomic E-state index is 12.5. The van der Waals surface area contributed by atoms with E-state index in [1.807, 2.05) is 62.4 Å². The minimum absolute atomic E-state index is 0.0817. The molecule has 1 amide bonds. The molecule has 2 aromatic heterocycles. The van der Waals surface area contributed by atoms with E-state index in [-0.39, 0.29) is 10.7 Å². The van der Waals surface area contributed by atoms with Gasteiger partial charge >= 0.3 is 5.97 Å². The number of rotatable bonds is 6. The Labute approximate surface area is 196 Å². The molecule has 0 fully saturated rings. The third kappa shape index (κ3) is 5.27. The number of anilines is 1. The van der Waals surface area contributed by atoms with Gasteiger partial charge in [-0.2, -0.15) is 5.10 Å². The van der Waals surface area contributed by atoms with Crippen LogP contribution in [-0.4, -0.2) is 33.2 Å². The Morgan fingerprint density at radius 3 is 2.33 bits per heavy atom. The summed E-state index contributed by atoms with van der Waals surface area (Å²) < 4.78 is 6.74.